The van der Waals surface area contributed by atoms with Gasteiger partial charge in [-0.1, -0.05) is 24.9 Å². The topological polar surface area (TPSA) is 24.4 Å². The van der Waals surface area contributed by atoms with Crippen LogP contribution in [-0.4, -0.2) is 18.8 Å². The molecule has 0 aromatic heterocycles. The average Bonchev–Trinajstić information content (AvgIpc) is 2.64. The monoisotopic (exact) mass is 236 g/mol. The van der Waals surface area contributed by atoms with E-state index >= 15 is 0 Å². The number of nitrogens with zero attached hydrogens (tertiary/aromatic N) is 1. The van der Waals surface area contributed by atoms with Crippen molar-refractivity contribution in [3.8, 4) is 0 Å². The minimum absolute atomic E-state index is 0.467. The molecule has 1 fully saturated rings. The Labute approximate surface area is 101 Å². The van der Waals surface area contributed by atoms with E-state index in [9.17, 15) is 0 Å². The summed E-state index contributed by atoms with van der Waals surface area (Å²) in [6.07, 6.45) is 7.77. The van der Waals surface area contributed by atoms with Crippen LogP contribution in [0.15, 0.2) is 27.4 Å². The molecule has 1 N–H and O–H groups in total. The van der Waals surface area contributed by atoms with Crippen LogP contribution in [0.4, 0.5) is 0 Å². The van der Waals surface area contributed by atoms with Crippen LogP contribution in [-0.2, 0) is 0 Å². The Morgan fingerprint density at radius 3 is 3.19 bits per heavy atom. The zero-order chi connectivity index (χ0) is 11.1. The molecular formula is C13H17ClN2. The number of fused-ring (bicyclic) bond motifs is 3. The first-order valence-electron chi connectivity index (χ1n) is 6.15. The van der Waals surface area contributed by atoms with Crippen molar-refractivity contribution in [3.05, 3.63) is 22.4 Å². The minimum atomic E-state index is 0.467. The zero-order valence-electron chi connectivity index (χ0n) is 9.54. The van der Waals surface area contributed by atoms with Gasteiger partial charge < -0.3 is 5.32 Å². The smallest absolute Gasteiger partial charge is 0.0377 e. The third-order valence-corrected chi connectivity index (χ3v) is 4.67. The highest BCUT2D eigenvalue weighted by molar-refractivity contribution is 6.32. The maximum Gasteiger partial charge on any atom is 0.0377 e. The summed E-state index contributed by atoms with van der Waals surface area (Å²) < 4.78 is 0. The Bertz CT molecular complexity index is 395. The van der Waals surface area contributed by atoms with Crippen molar-refractivity contribution in [3.63, 3.8) is 0 Å². The van der Waals surface area contributed by atoms with Gasteiger partial charge in [0.2, 0.25) is 0 Å². The first kappa shape index (κ1) is 10.5. The molecule has 3 atom stereocenters. The van der Waals surface area contributed by atoms with Crippen LogP contribution in [0.1, 0.15) is 26.2 Å². The summed E-state index contributed by atoms with van der Waals surface area (Å²) in [5, 5.41) is 4.68. The van der Waals surface area contributed by atoms with Crippen LogP contribution in [0.2, 0.25) is 0 Å². The first-order valence-corrected chi connectivity index (χ1v) is 6.53. The van der Waals surface area contributed by atoms with Gasteiger partial charge in [-0.05, 0) is 36.8 Å². The van der Waals surface area contributed by atoms with E-state index in [1.165, 1.54) is 30.4 Å². The second-order valence-electron chi connectivity index (χ2n) is 5.00. The molecule has 3 rings (SSSR count). The van der Waals surface area contributed by atoms with Crippen LogP contribution in [0.3, 0.4) is 0 Å². The number of hydrogen-bond acceptors (Lipinski definition) is 2. The third-order valence-electron chi connectivity index (χ3n) is 4.12. The number of rotatable bonds is 0. The summed E-state index contributed by atoms with van der Waals surface area (Å²) in [5.41, 5.74) is 2.49. The molecule has 0 saturated carbocycles. The summed E-state index contributed by atoms with van der Waals surface area (Å²) >= 11 is 6.46. The van der Waals surface area contributed by atoms with Gasteiger partial charge in [0, 0.05) is 29.1 Å². The zero-order valence-corrected chi connectivity index (χ0v) is 10.3. The molecule has 86 valence electrons. The fourth-order valence-electron chi connectivity index (χ4n) is 3.18. The minimum Gasteiger partial charge on any atom is -0.310 e. The van der Waals surface area contributed by atoms with Gasteiger partial charge in [0.25, 0.3) is 0 Å². The fraction of sp³-hybridized carbons (Fsp3) is 0.615. The third kappa shape index (κ3) is 1.47. The Kier molecular flexibility index (Phi) is 2.64. The molecule has 2 aliphatic heterocycles. The van der Waals surface area contributed by atoms with Crippen LogP contribution in [0, 0.1) is 11.8 Å². The largest absolute Gasteiger partial charge is 0.310 e. The van der Waals surface area contributed by atoms with Gasteiger partial charge in [0.1, 0.15) is 0 Å². The molecule has 0 aromatic rings. The average molecular weight is 237 g/mol. The first-order chi connectivity index (χ1) is 7.79. The van der Waals surface area contributed by atoms with Crippen LogP contribution < -0.4 is 5.32 Å². The van der Waals surface area contributed by atoms with Crippen molar-refractivity contribution >= 4 is 17.8 Å². The van der Waals surface area contributed by atoms with E-state index in [1.807, 2.05) is 12.4 Å². The molecule has 0 spiro atoms. The van der Waals surface area contributed by atoms with Crippen LogP contribution >= 0.6 is 11.6 Å². The number of halogens is 1. The molecular weight excluding hydrogens is 220 g/mol. The van der Waals surface area contributed by atoms with Gasteiger partial charge in [-0.15, -0.1) is 0 Å². The fourth-order valence-corrected chi connectivity index (χ4v) is 3.50. The van der Waals surface area contributed by atoms with E-state index in [-0.39, 0.29) is 0 Å². The lowest BCUT2D eigenvalue weighted by Gasteiger charge is -2.37. The Balaban J connectivity index is 2.03. The summed E-state index contributed by atoms with van der Waals surface area (Å²) in [4.78, 5) is 4.27. The maximum atomic E-state index is 6.46. The van der Waals surface area contributed by atoms with Gasteiger partial charge in [0.05, 0.1) is 0 Å². The SMILES string of the molecule is CC1C(Cl)=C2C=NC=C2[C@H]2NCCCCC12. The van der Waals surface area contributed by atoms with Crippen molar-refractivity contribution in [2.75, 3.05) is 6.54 Å². The van der Waals surface area contributed by atoms with Gasteiger partial charge >= 0.3 is 0 Å². The molecule has 0 amide bonds. The lowest BCUT2D eigenvalue weighted by molar-refractivity contribution is 0.315. The van der Waals surface area contributed by atoms with E-state index in [0.29, 0.717) is 17.9 Å². The van der Waals surface area contributed by atoms with E-state index in [0.717, 1.165) is 11.6 Å². The van der Waals surface area contributed by atoms with E-state index in [1.54, 1.807) is 0 Å². The predicted octanol–water partition coefficient (Wildman–Crippen LogP) is 2.86. The van der Waals surface area contributed by atoms with Crippen molar-refractivity contribution in [2.45, 2.75) is 32.2 Å². The molecule has 0 radical (unpaired) electrons. The van der Waals surface area contributed by atoms with E-state index in [4.69, 9.17) is 11.6 Å². The number of hydrogen-bond donors (Lipinski definition) is 1. The highest BCUT2D eigenvalue weighted by Gasteiger charge is 2.39. The molecule has 3 heteroatoms. The summed E-state index contributed by atoms with van der Waals surface area (Å²) in [6, 6.07) is 0.470. The van der Waals surface area contributed by atoms with Gasteiger partial charge in [-0.2, -0.15) is 0 Å². The lowest BCUT2D eigenvalue weighted by atomic mass is 9.74. The van der Waals surface area contributed by atoms with Gasteiger partial charge in [-0.3, -0.25) is 4.99 Å². The Morgan fingerprint density at radius 2 is 2.31 bits per heavy atom. The maximum absolute atomic E-state index is 6.46. The number of allylic oxidation sites excluding steroid dienone is 1. The van der Waals surface area contributed by atoms with E-state index < -0.39 is 0 Å². The molecule has 1 saturated heterocycles. The van der Waals surface area contributed by atoms with Crippen LogP contribution in [0.25, 0.3) is 0 Å². The molecule has 2 nitrogen and oxygen atoms in total. The predicted molar refractivity (Wildman–Crippen MR) is 67.7 cm³/mol. The highest BCUT2D eigenvalue weighted by Crippen LogP contribution is 2.43. The lowest BCUT2D eigenvalue weighted by Crippen LogP contribution is -2.42. The highest BCUT2D eigenvalue weighted by atomic mass is 35.5. The summed E-state index contributed by atoms with van der Waals surface area (Å²) in [5.74, 6) is 1.11. The summed E-state index contributed by atoms with van der Waals surface area (Å²) in [7, 11) is 0. The van der Waals surface area contributed by atoms with E-state index in [2.05, 4.69) is 17.2 Å². The second-order valence-corrected chi connectivity index (χ2v) is 5.41. The molecule has 0 bridgehead atoms. The molecule has 0 aromatic carbocycles. The van der Waals surface area contributed by atoms with Crippen molar-refractivity contribution in [1.82, 2.24) is 5.32 Å². The molecule has 1 aliphatic carbocycles. The second kappa shape index (κ2) is 4.01. The normalized spacial score (nSPS) is 37.9. The Hall–Kier alpha value is -0.600. The summed E-state index contributed by atoms with van der Waals surface area (Å²) in [6.45, 7) is 3.37. The standard InChI is InChI=1S/C13H17ClN2/c1-8-9-4-2-3-5-16-13(9)11-7-15-6-10(11)12(8)14/h6-9,13,16H,2-5H2,1H3/t8?,9?,13-/m0/s1. The number of nitrogens with one attached hydrogen (secondary N) is 1. The van der Waals surface area contributed by atoms with Crippen molar-refractivity contribution < 1.29 is 0 Å². The van der Waals surface area contributed by atoms with Gasteiger partial charge in [-0.25, -0.2) is 0 Å². The van der Waals surface area contributed by atoms with Crippen LogP contribution in [0.5, 0.6) is 0 Å². The molecule has 2 heterocycles. The molecule has 3 aliphatic rings. The van der Waals surface area contributed by atoms with Crippen molar-refractivity contribution in [1.29, 1.82) is 0 Å². The van der Waals surface area contributed by atoms with Crippen molar-refractivity contribution in [2.24, 2.45) is 16.8 Å². The Morgan fingerprint density at radius 1 is 1.44 bits per heavy atom. The molecule has 16 heavy (non-hydrogen) atoms. The van der Waals surface area contributed by atoms with Gasteiger partial charge in [0.15, 0.2) is 0 Å². The molecule has 2 unspecified atom stereocenters. The quantitative estimate of drug-likeness (QED) is 0.687. The number of aliphatic imine (C=N–C) groups is 1.